The van der Waals surface area contributed by atoms with E-state index in [0.29, 0.717) is 46.0 Å². The number of ketones is 2. The van der Waals surface area contributed by atoms with Gasteiger partial charge in [-0.15, -0.1) is 0 Å². The van der Waals surface area contributed by atoms with E-state index in [1.807, 2.05) is 42.5 Å². The molecular formula is C35H34BIO6. The molecule has 3 aromatic carbocycles. The first-order chi connectivity index (χ1) is 20.8. The van der Waals surface area contributed by atoms with Crippen molar-refractivity contribution < 1.29 is 29.1 Å². The number of hydrogen-bond donors (Lipinski definition) is 2. The number of ether oxygens (including phenoxy) is 1. The van der Waals surface area contributed by atoms with Crippen molar-refractivity contribution >= 4 is 52.9 Å². The number of hydrogen-bond acceptors (Lipinski definition) is 6. The molecule has 3 aromatic rings. The summed E-state index contributed by atoms with van der Waals surface area (Å²) in [4.78, 5) is 27.5. The van der Waals surface area contributed by atoms with Crippen LogP contribution in [0.3, 0.4) is 0 Å². The highest BCUT2D eigenvalue weighted by Crippen LogP contribution is 2.51. The van der Waals surface area contributed by atoms with Crippen LogP contribution in [0.1, 0.15) is 64.4 Å². The van der Waals surface area contributed by atoms with Gasteiger partial charge in [-0.1, -0.05) is 73.2 Å². The molecule has 6 rings (SSSR count). The molecule has 2 N–H and O–H groups in total. The fourth-order valence-electron chi connectivity index (χ4n) is 7.28. The molecule has 1 aliphatic heterocycles. The summed E-state index contributed by atoms with van der Waals surface area (Å²) in [5.74, 6) is -0.546. The number of methoxy groups -OCH3 is 1. The average Bonchev–Trinajstić information content (AvgIpc) is 3.02. The number of carbonyl (C=O) groups excluding carboxylic acids is 2. The van der Waals surface area contributed by atoms with Gasteiger partial charge in [-0.25, -0.2) is 0 Å². The van der Waals surface area contributed by atoms with Crippen molar-refractivity contribution in [1.29, 1.82) is 0 Å². The third-order valence-corrected chi connectivity index (χ3v) is 10.0. The largest absolute Gasteiger partial charge is 0.504 e. The van der Waals surface area contributed by atoms with Crippen molar-refractivity contribution in [3.63, 3.8) is 0 Å². The molecule has 4 atom stereocenters. The van der Waals surface area contributed by atoms with Crippen molar-refractivity contribution in [3.8, 4) is 11.5 Å². The van der Waals surface area contributed by atoms with Gasteiger partial charge in [-0.3, -0.25) is 9.59 Å². The quantitative estimate of drug-likeness (QED) is 0.118. The van der Waals surface area contributed by atoms with Crippen LogP contribution in [-0.2, 0) is 4.65 Å². The molecule has 6 nitrogen and oxygen atoms in total. The van der Waals surface area contributed by atoms with E-state index in [2.05, 4.69) is 47.7 Å². The van der Waals surface area contributed by atoms with Gasteiger partial charge >= 0.3 is 7.12 Å². The van der Waals surface area contributed by atoms with Gasteiger partial charge in [0.1, 0.15) is 0 Å². The lowest BCUT2D eigenvalue weighted by atomic mass is 9.54. The van der Waals surface area contributed by atoms with Crippen molar-refractivity contribution in [1.82, 2.24) is 0 Å². The molecular weight excluding hydrogens is 654 g/mol. The summed E-state index contributed by atoms with van der Waals surface area (Å²) in [6.07, 6.45) is 4.61. The molecule has 1 heterocycles. The van der Waals surface area contributed by atoms with E-state index in [0.717, 1.165) is 28.7 Å². The Balaban J connectivity index is 1.35. The maximum absolute atomic E-state index is 13.9. The third-order valence-electron chi connectivity index (χ3n) is 9.22. The third kappa shape index (κ3) is 5.61. The fraction of sp³-hybridized carbons (Fsp3) is 0.314. The molecule has 2 aliphatic carbocycles. The van der Waals surface area contributed by atoms with Crippen molar-refractivity contribution in [3.05, 3.63) is 104 Å². The number of Topliss-reactive ketones (excluding diaryl/α,β-unsaturated/α-hetero) is 2. The molecule has 220 valence electrons. The Labute approximate surface area is 266 Å². The predicted molar refractivity (Wildman–Crippen MR) is 176 cm³/mol. The lowest BCUT2D eigenvalue weighted by Gasteiger charge is -2.47. The van der Waals surface area contributed by atoms with Gasteiger partial charge < -0.3 is 19.5 Å². The Morgan fingerprint density at radius 1 is 1.05 bits per heavy atom. The molecule has 0 aromatic heterocycles. The summed E-state index contributed by atoms with van der Waals surface area (Å²) >= 11 is 2.10. The minimum atomic E-state index is -1.01. The summed E-state index contributed by atoms with van der Waals surface area (Å²) in [5, 5.41) is 21.3. The van der Waals surface area contributed by atoms with Crippen LogP contribution in [0.2, 0.25) is 6.32 Å². The molecule has 1 saturated heterocycles. The summed E-state index contributed by atoms with van der Waals surface area (Å²) in [5.41, 5.74) is 6.34. The lowest BCUT2D eigenvalue weighted by Crippen LogP contribution is -2.50. The molecule has 8 heteroatoms. The molecule has 43 heavy (non-hydrogen) atoms. The van der Waals surface area contributed by atoms with Gasteiger partial charge in [0.05, 0.1) is 16.8 Å². The molecule has 0 unspecified atom stereocenters. The number of phenols is 1. The Morgan fingerprint density at radius 2 is 1.74 bits per heavy atom. The second-order valence-corrected chi connectivity index (χ2v) is 12.7. The Bertz CT molecular complexity index is 1630. The number of benzene rings is 3. The number of carbonyl (C=O) groups is 2. The number of phenolic OH excluding ortho intramolecular Hbond substituents is 1. The summed E-state index contributed by atoms with van der Waals surface area (Å²) in [7, 11) is 0.526. The number of halogens is 1. The van der Waals surface area contributed by atoms with Crippen LogP contribution in [0.5, 0.6) is 11.5 Å². The zero-order valence-electron chi connectivity index (χ0n) is 24.3. The molecule has 0 saturated carbocycles. The van der Waals surface area contributed by atoms with Crippen LogP contribution in [0.4, 0.5) is 0 Å². The predicted octanol–water partition coefficient (Wildman–Crippen LogP) is 7.24. The monoisotopic (exact) mass is 688 g/mol. The SMILES string of the molecule is CCC1=C2[C@@H](CC/C(=C/c3cc(I)c(O)c(OC)c3)c3ccccc3)OB(O)C[C@@H]2[C@@H]2C(=O)c3ccccc3C(=O)[C@@H]2C1. The highest BCUT2D eigenvalue weighted by atomic mass is 127. The van der Waals surface area contributed by atoms with E-state index in [1.165, 1.54) is 12.7 Å². The summed E-state index contributed by atoms with van der Waals surface area (Å²) in [6, 6.07) is 21.0. The Hall–Kier alpha value is -3.21. The topological polar surface area (TPSA) is 93.1 Å². The maximum atomic E-state index is 13.9. The number of rotatable bonds is 7. The van der Waals surface area contributed by atoms with E-state index in [-0.39, 0.29) is 29.3 Å². The van der Waals surface area contributed by atoms with E-state index in [4.69, 9.17) is 9.39 Å². The highest BCUT2D eigenvalue weighted by molar-refractivity contribution is 14.1. The van der Waals surface area contributed by atoms with Gasteiger partial charge in [0, 0.05) is 23.0 Å². The number of aromatic hydroxyl groups is 1. The van der Waals surface area contributed by atoms with Crippen LogP contribution >= 0.6 is 22.6 Å². The smallest absolute Gasteiger partial charge is 0.455 e. The molecule has 0 bridgehead atoms. The van der Waals surface area contributed by atoms with E-state index in [1.54, 1.807) is 12.1 Å². The van der Waals surface area contributed by atoms with Crippen LogP contribution in [0.25, 0.3) is 11.6 Å². The first-order valence-corrected chi connectivity index (χ1v) is 15.9. The first kappa shape index (κ1) is 29.8. The van der Waals surface area contributed by atoms with Crippen LogP contribution in [0, 0.1) is 21.3 Å². The average molecular weight is 688 g/mol. The van der Waals surface area contributed by atoms with Crippen molar-refractivity contribution in [2.75, 3.05) is 7.11 Å². The van der Waals surface area contributed by atoms with Crippen molar-refractivity contribution in [2.24, 2.45) is 17.8 Å². The first-order valence-electron chi connectivity index (χ1n) is 14.9. The molecule has 1 fully saturated rings. The van der Waals surface area contributed by atoms with Gasteiger partial charge in [-0.2, -0.15) is 0 Å². The second-order valence-electron chi connectivity index (χ2n) is 11.6. The standard InChI is InChI=1S/C35H34BIO6/c1-3-21-18-26-32(34(39)25-12-8-7-11-24(25)33(26)38)27-19-36(41)43-29(31(21)27)14-13-23(22-9-5-4-6-10-22)15-20-16-28(37)35(40)30(17-20)42-2/h4-12,15-17,26-27,29,32,40-41H,3,13-14,18-19H2,1-2H3/b23-15-/t26-,27+,29-,32-/m1/s1. The minimum Gasteiger partial charge on any atom is -0.504 e. The zero-order chi connectivity index (χ0) is 30.2. The summed E-state index contributed by atoms with van der Waals surface area (Å²) in [6.45, 7) is 2.10. The number of fused-ring (bicyclic) bond motifs is 4. The molecule has 0 amide bonds. The number of allylic oxidation sites excluding steroid dienone is 2. The van der Waals surface area contributed by atoms with Crippen LogP contribution in [-0.4, -0.2) is 42.0 Å². The molecule has 0 radical (unpaired) electrons. The molecule has 3 aliphatic rings. The highest BCUT2D eigenvalue weighted by Gasteiger charge is 2.53. The van der Waals surface area contributed by atoms with Crippen LogP contribution in [0.15, 0.2) is 77.9 Å². The fourth-order valence-corrected chi connectivity index (χ4v) is 7.91. The van der Waals surface area contributed by atoms with Crippen LogP contribution < -0.4 is 4.74 Å². The summed E-state index contributed by atoms with van der Waals surface area (Å²) < 4.78 is 12.3. The van der Waals surface area contributed by atoms with E-state index >= 15 is 0 Å². The maximum Gasteiger partial charge on any atom is 0.455 e. The van der Waals surface area contributed by atoms with Gasteiger partial charge in [0.25, 0.3) is 0 Å². The van der Waals surface area contributed by atoms with Crippen molar-refractivity contribution in [2.45, 2.75) is 45.0 Å². The second kappa shape index (κ2) is 12.4. The van der Waals surface area contributed by atoms with Gasteiger partial charge in [0.2, 0.25) is 0 Å². The molecule has 0 spiro atoms. The normalized spacial score (nSPS) is 23.5. The van der Waals surface area contributed by atoms with Gasteiger partial charge in [0.15, 0.2) is 23.1 Å². The lowest BCUT2D eigenvalue weighted by molar-refractivity contribution is 0.0600. The van der Waals surface area contributed by atoms with Gasteiger partial charge in [-0.05, 0) is 94.9 Å². The minimum absolute atomic E-state index is 0.00598. The Kier molecular flexibility index (Phi) is 8.62. The zero-order valence-corrected chi connectivity index (χ0v) is 26.4. The Morgan fingerprint density at radius 3 is 2.44 bits per heavy atom. The van der Waals surface area contributed by atoms with E-state index < -0.39 is 19.0 Å². The van der Waals surface area contributed by atoms with E-state index in [9.17, 15) is 19.7 Å².